The van der Waals surface area contributed by atoms with Gasteiger partial charge in [0.2, 0.25) is 5.13 Å². The van der Waals surface area contributed by atoms with E-state index in [1.807, 2.05) is 6.92 Å². The molecule has 7 heteroatoms. The monoisotopic (exact) mass is 337 g/mol. The van der Waals surface area contributed by atoms with Gasteiger partial charge in [-0.05, 0) is 39.5 Å². The predicted molar refractivity (Wildman–Crippen MR) is 90.7 cm³/mol. The van der Waals surface area contributed by atoms with Crippen molar-refractivity contribution in [3.63, 3.8) is 0 Å². The number of carbonyl (C=O) groups excluding carboxylic acids is 1. The summed E-state index contributed by atoms with van der Waals surface area (Å²) in [5.74, 6) is 0.139. The molecule has 0 aromatic carbocycles. The molecular weight excluding hydrogens is 314 g/mol. The number of rotatable bonds is 6. The average molecular weight is 337 g/mol. The minimum Gasteiger partial charge on any atom is -0.462 e. The summed E-state index contributed by atoms with van der Waals surface area (Å²) in [7, 11) is 0. The molecule has 6 nitrogen and oxygen atoms in total. The quantitative estimate of drug-likeness (QED) is 0.822. The highest BCUT2D eigenvalue weighted by atomic mass is 32.1. The fourth-order valence-electron chi connectivity index (χ4n) is 2.31. The van der Waals surface area contributed by atoms with Gasteiger partial charge in [0.05, 0.1) is 12.3 Å². The lowest BCUT2D eigenvalue weighted by Crippen LogP contribution is -2.17. The lowest BCUT2D eigenvalue weighted by molar-refractivity contribution is 0.0531. The van der Waals surface area contributed by atoms with Gasteiger partial charge in [-0.15, -0.1) is 0 Å². The van der Waals surface area contributed by atoms with Gasteiger partial charge < -0.3 is 4.74 Å². The number of nitrogens with zero attached hydrogens (tertiary/aromatic N) is 2. The van der Waals surface area contributed by atoms with Gasteiger partial charge >= 0.3 is 5.97 Å². The number of nitrogens with one attached hydrogen (secondary N) is 1. The van der Waals surface area contributed by atoms with Gasteiger partial charge in [-0.2, -0.15) is 4.68 Å². The largest absolute Gasteiger partial charge is 0.462 e. The number of esters is 1. The molecule has 0 unspecified atom stereocenters. The first-order valence-electron chi connectivity index (χ1n) is 7.80. The van der Waals surface area contributed by atoms with Gasteiger partial charge in [-0.3, -0.25) is 9.89 Å². The summed E-state index contributed by atoms with van der Waals surface area (Å²) in [6.45, 7) is 9.97. The number of H-pyrrole nitrogens is 1. The smallest absolute Gasteiger partial charge is 0.350 e. The average Bonchev–Trinajstić information content (AvgIpc) is 2.98. The Bertz CT molecular complexity index is 755. The van der Waals surface area contributed by atoms with Crippen LogP contribution in [-0.2, 0) is 11.2 Å². The molecule has 2 rings (SSSR count). The zero-order valence-corrected chi connectivity index (χ0v) is 15.0. The Hall–Kier alpha value is -1.89. The molecule has 2 aromatic rings. The number of ether oxygens (including phenoxy) is 1. The zero-order chi connectivity index (χ0) is 17.1. The van der Waals surface area contributed by atoms with Crippen LogP contribution in [0.3, 0.4) is 0 Å². The van der Waals surface area contributed by atoms with Crippen molar-refractivity contribution in [3.05, 3.63) is 32.2 Å². The van der Waals surface area contributed by atoms with Crippen LogP contribution in [0.1, 0.15) is 53.8 Å². The van der Waals surface area contributed by atoms with Crippen molar-refractivity contribution in [2.75, 3.05) is 6.61 Å². The first kappa shape index (κ1) is 17.5. The van der Waals surface area contributed by atoms with Crippen LogP contribution < -0.4 is 5.56 Å². The summed E-state index contributed by atoms with van der Waals surface area (Å²) in [6, 6.07) is 0. The predicted octanol–water partition coefficient (Wildman–Crippen LogP) is 3.00. The molecule has 0 aliphatic heterocycles. The van der Waals surface area contributed by atoms with E-state index in [-0.39, 0.29) is 5.56 Å². The van der Waals surface area contributed by atoms with Gasteiger partial charge in [-0.1, -0.05) is 25.2 Å². The maximum absolute atomic E-state index is 12.6. The zero-order valence-electron chi connectivity index (χ0n) is 14.2. The summed E-state index contributed by atoms with van der Waals surface area (Å²) in [5, 5.41) is 3.53. The van der Waals surface area contributed by atoms with E-state index in [0.29, 0.717) is 28.2 Å². The van der Waals surface area contributed by atoms with Crippen molar-refractivity contribution in [3.8, 4) is 5.13 Å². The highest BCUT2D eigenvalue weighted by molar-refractivity contribution is 7.16. The fourth-order valence-corrected chi connectivity index (χ4v) is 3.23. The Kier molecular flexibility index (Phi) is 5.41. The van der Waals surface area contributed by atoms with Gasteiger partial charge in [0.25, 0.3) is 5.56 Å². The van der Waals surface area contributed by atoms with E-state index < -0.39 is 5.97 Å². The third-order valence-corrected chi connectivity index (χ3v) is 4.73. The molecule has 0 amide bonds. The van der Waals surface area contributed by atoms with Crippen LogP contribution in [-0.4, -0.2) is 27.3 Å². The number of carbonyl (C=O) groups is 1. The Balaban J connectivity index is 2.36. The summed E-state index contributed by atoms with van der Waals surface area (Å²) in [6.07, 6.45) is 1.69. The highest BCUT2D eigenvalue weighted by Gasteiger charge is 2.20. The van der Waals surface area contributed by atoms with E-state index in [2.05, 4.69) is 23.9 Å². The van der Waals surface area contributed by atoms with Crippen LogP contribution in [0.4, 0.5) is 0 Å². The van der Waals surface area contributed by atoms with Crippen molar-refractivity contribution < 1.29 is 9.53 Å². The summed E-state index contributed by atoms with van der Waals surface area (Å²) >= 11 is 1.17. The van der Waals surface area contributed by atoms with Crippen LogP contribution >= 0.6 is 11.3 Å². The lowest BCUT2D eigenvalue weighted by atomic mass is 10.0. The Morgan fingerprint density at radius 1 is 1.39 bits per heavy atom. The number of hydrogen-bond acceptors (Lipinski definition) is 5. The van der Waals surface area contributed by atoms with E-state index in [9.17, 15) is 9.59 Å². The number of aromatic amines is 1. The van der Waals surface area contributed by atoms with Crippen LogP contribution in [0.25, 0.3) is 5.13 Å². The number of hydrogen-bond donors (Lipinski definition) is 1. The molecule has 0 fully saturated rings. The molecule has 0 radical (unpaired) electrons. The van der Waals surface area contributed by atoms with E-state index in [0.717, 1.165) is 24.1 Å². The van der Waals surface area contributed by atoms with E-state index in [1.54, 1.807) is 13.8 Å². The summed E-state index contributed by atoms with van der Waals surface area (Å²) < 4.78 is 6.44. The second-order valence-electron chi connectivity index (χ2n) is 5.92. The third-order valence-electron chi connectivity index (χ3n) is 3.60. The van der Waals surface area contributed by atoms with Crippen molar-refractivity contribution >= 4 is 17.3 Å². The molecule has 0 atom stereocenters. The van der Waals surface area contributed by atoms with Crippen molar-refractivity contribution in [1.82, 2.24) is 14.8 Å². The maximum atomic E-state index is 12.6. The number of aryl methyl sites for hydroxylation is 2. The molecule has 0 spiro atoms. The van der Waals surface area contributed by atoms with Gasteiger partial charge in [-0.25, -0.2) is 9.78 Å². The maximum Gasteiger partial charge on any atom is 0.350 e. The first-order valence-corrected chi connectivity index (χ1v) is 8.62. The summed E-state index contributed by atoms with van der Waals surface area (Å²) in [4.78, 5) is 29.3. The topological polar surface area (TPSA) is 77.0 Å². The normalized spacial score (nSPS) is 11.2. The van der Waals surface area contributed by atoms with Crippen LogP contribution in [0.5, 0.6) is 0 Å². The molecule has 0 bridgehead atoms. The third kappa shape index (κ3) is 3.72. The number of thiazole rings is 1. The Morgan fingerprint density at radius 2 is 2.09 bits per heavy atom. The molecular formula is C16H23N3O3S. The molecule has 2 heterocycles. The van der Waals surface area contributed by atoms with E-state index in [4.69, 9.17) is 4.74 Å². The van der Waals surface area contributed by atoms with Crippen molar-refractivity contribution in [1.29, 1.82) is 0 Å². The van der Waals surface area contributed by atoms with Crippen molar-refractivity contribution in [2.45, 2.75) is 47.5 Å². The van der Waals surface area contributed by atoms with E-state index in [1.165, 1.54) is 16.0 Å². The minimum atomic E-state index is -0.398. The molecule has 2 aromatic heterocycles. The van der Waals surface area contributed by atoms with Gasteiger partial charge in [0, 0.05) is 11.3 Å². The van der Waals surface area contributed by atoms with Crippen LogP contribution in [0.2, 0.25) is 0 Å². The van der Waals surface area contributed by atoms with Crippen molar-refractivity contribution in [2.24, 2.45) is 5.92 Å². The highest BCUT2D eigenvalue weighted by Crippen LogP contribution is 2.22. The van der Waals surface area contributed by atoms with Crippen LogP contribution in [0.15, 0.2) is 4.79 Å². The second kappa shape index (κ2) is 7.12. The standard InChI is InChI=1S/C16H23N3O3S/c1-6-22-15(21)13-11(5)17-16(23-13)19-14(20)12(10(4)18-19)8-7-9(2)3/h9,18H,6-8H2,1-5H3. The fraction of sp³-hybridized carbons (Fsp3) is 0.562. The summed E-state index contributed by atoms with van der Waals surface area (Å²) in [5.41, 5.74) is 2.11. The van der Waals surface area contributed by atoms with Gasteiger partial charge in [0.15, 0.2) is 0 Å². The minimum absolute atomic E-state index is 0.0905. The molecule has 23 heavy (non-hydrogen) atoms. The molecule has 0 saturated heterocycles. The lowest BCUT2D eigenvalue weighted by Gasteiger charge is -2.01. The Labute approximate surface area is 139 Å². The van der Waals surface area contributed by atoms with Crippen LogP contribution in [0, 0.1) is 19.8 Å². The molecule has 0 aliphatic rings. The molecule has 0 aliphatic carbocycles. The SMILES string of the molecule is CCOC(=O)c1sc(-n2[nH]c(C)c(CCC(C)C)c2=O)nc1C. The molecule has 1 N–H and O–H groups in total. The van der Waals surface area contributed by atoms with E-state index >= 15 is 0 Å². The first-order chi connectivity index (χ1) is 10.8. The Morgan fingerprint density at radius 3 is 2.70 bits per heavy atom. The molecule has 126 valence electrons. The number of aromatic nitrogens is 3. The molecule has 0 saturated carbocycles. The second-order valence-corrected chi connectivity index (χ2v) is 6.90. The van der Waals surface area contributed by atoms with Gasteiger partial charge in [0.1, 0.15) is 4.88 Å².